The largest absolute Gasteiger partial charge is 0.457 e. The van der Waals surface area contributed by atoms with Gasteiger partial charge in [-0.1, -0.05) is 55.8 Å². The highest BCUT2D eigenvalue weighted by molar-refractivity contribution is 5.51. The predicted octanol–water partition coefficient (Wildman–Crippen LogP) is 8.81. The molecule has 0 amide bonds. The molecule has 6 heteroatoms. The minimum atomic E-state index is -4.57. The third-order valence-electron chi connectivity index (χ3n) is 6.25. The first kappa shape index (κ1) is 25.2. The first-order valence-electron chi connectivity index (χ1n) is 11.5. The maximum Gasteiger partial charge on any atom is 0.420 e. The van der Waals surface area contributed by atoms with Crippen LogP contribution < -0.4 is 15.2 Å². The summed E-state index contributed by atoms with van der Waals surface area (Å²) in [4.78, 5) is 0. The van der Waals surface area contributed by atoms with Crippen molar-refractivity contribution in [2.45, 2.75) is 39.3 Å². The number of anilines is 1. The first-order valence-corrected chi connectivity index (χ1v) is 11.5. The zero-order chi connectivity index (χ0) is 26.1. The van der Waals surface area contributed by atoms with E-state index in [2.05, 4.69) is 19.9 Å². The van der Waals surface area contributed by atoms with Crippen molar-refractivity contribution >= 4 is 5.69 Å². The van der Waals surface area contributed by atoms with Crippen LogP contribution in [0.2, 0.25) is 0 Å². The Balaban J connectivity index is 1.51. The third kappa shape index (κ3) is 5.48. The molecule has 4 rings (SSSR count). The number of nitrogens with two attached hydrogens (primary N) is 1. The second kappa shape index (κ2) is 9.61. The zero-order valence-electron chi connectivity index (χ0n) is 20.6. The topological polar surface area (TPSA) is 44.5 Å². The van der Waals surface area contributed by atoms with Gasteiger partial charge < -0.3 is 15.2 Å². The van der Waals surface area contributed by atoms with Crippen LogP contribution in [0, 0.1) is 13.8 Å². The van der Waals surface area contributed by atoms with Gasteiger partial charge in [-0.2, -0.15) is 13.2 Å². The van der Waals surface area contributed by atoms with Crippen molar-refractivity contribution in [1.82, 2.24) is 0 Å². The maximum absolute atomic E-state index is 13.4. The van der Waals surface area contributed by atoms with E-state index >= 15 is 0 Å². The van der Waals surface area contributed by atoms with Gasteiger partial charge in [0.1, 0.15) is 28.6 Å². The van der Waals surface area contributed by atoms with E-state index in [-0.39, 0.29) is 16.9 Å². The van der Waals surface area contributed by atoms with E-state index in [1.165, 1.54) is 17.7 Å². The molecular formula is C30H28F3NO2. The molecule has 0 heterocycles. The zero-order valence-corrected chi connectivity index (χ0v) is 20.6. The highest BCUT2D eigenvalue weighted by Gasteiger charge is 2.35. The van der Waals surface area contributed by atoms with Crippen LogP contribution in [0.1, 0.15) is 41.7 Å². The number of benzene rings is 4. The fourth-order valence-corrected chi connectivity index (χ4v) is 4.07. The van der Waals surface area contributed by atoms with Gasteiger partial charge in [0.15, 0.2) is 0 Å². The molecule has 0 spiro atoms. The summed E-state index contributed by atoms with van der Waals surface area (Å²) in [5, 5.41) is 0. The maximum atomic E-state index is 13.4. The van der Waals surface area contributed by atoms with E-state index in [9.17, 15) is 13.2 Å². The average molecular weight is 492 g/mol. The lowest BCUT2D eigenvalue weighted by Crippen LogP contribution is -2.18. The van der Waals surface area contributed by atoms with Crippen molar-refractivity contribution in [3.8, 4) is 23.0 Å². The molecule has 0 saturated heterocycles. The smallest absolute Gasteiger partial charge is 0.420 e. The van der Waals surface area contributed by atoms with Gasteiger partial charge in [-0.25, -0.2) is 0 Å². The highest BCUT2D eigenvalue weighted by atomic mass is 19.4. The number of hydrogen-bond acceptors (Lipinski definition) is 3. The number of hydrogen-bond donors (Lipinski definition) is 1. The van der Waals surface area contributed by atoms with Crippen LogP contribution in [0.4, 0.5) is 18.9 Å². The van der Waals surface area contributed by atoms with Crippen LogP contribution in [-0.2, 0) is 11.6 Å². The Bertz CT molecular complexity index is 1360. The summed E-state index contributed by atoms with van der Waals surface area (Å²) >= 11 is 0. The van der Waals surface area contributed by atoms with Gasteiger partial charge in [0, 0.05) is 11.1 Å². The van der Waals surface area contributed by atoms with Crippen LogP contribution in [0.15, 0.2) is 84.9 Å². The molecule has 0 saturated carbocycles. The minimum Gasteiger partial charge on any atom is -0.457 e. The lowest BCUT2D eigenvalue weighted by molar-refractivity contribution is -0.138. The molecule has 0 unspecified atom stereocenters. The summed E-state index contributed by atoms with van der Waals surface area (Å²) < 4.78 is 51.8. The van der Waals surface area contributed by atoms with Crippen LogP contribution in [0.5, 0.6) is 23.0 Å². The molecule has 186 valence electrons. The van der Waals surface area contributed by atoms with Crippen LogP contribution in [0.25, 0.3) is 0 Å². The first-order chi connectivity index (χ1) is 16.9. The van der Waals surface area contributed by atoms with Gasteiger partial charge in [0.25, 0.3) is 0 Å². The van der Waals surface area contributed by atoms with Crippen molar-refractivity contribution < 1.29 is 22.6 Å². The molecule has 0 bridgehead atoms. The van der Waals surface area contributed by atoms with Crippen molar-refractivity contribution in [2.75, 3.05) is 5.73 Å². The van der Waals surface area contributed by atoms with E-state index in [1.807, 2.05) is 62.4 Å². The minimum absolute atomic E-state index is 0.0252. The molecule has 0 aliphatic heterocycles. The van der Waals surface area contributed by atoms with Gasteiger partial charge in [-0.05, 0) is 79.1 Å². The van der Waals surface area contributed by atoms with E-state index < -0.39 is 11.7 Å². The quantitative estimate of drug-likeness (QED) is 0.274. The van der Waals surface area contributed by atoms with E-state index in [0.29, 0.717) is 5.75 Å². The average Bonchev–Trinajstić information content (AvgIpc) is 2.82. The van der Waals surface area contributed by atoms with Crippen LogP contribution >= 0.6 is 0 Å². The molecule has 36 heavy (non-hydrogen) atoms. The predicted molar refractivity (Wildman–Crippen MR) is 137 cm³/mol. The molecule has 0 atom stereocenters. The molecule has 0 aliphatic rings. The summed E-state index contributed by atoms with van der Waals surface area (Å²) in [5.74, 6) is 1.58. The number of rotatable bonds is 6. The van der Waals surface area contributed by atoms with Crippen LogP contribution in [-0.4, -0.2) is 0 Å². The second-order valence-electron chi connectivity index (χ2n) is 9.40. The van der Waals surface area contributed by atoms with E-state index in [0.717, 1.165) is 34.3 Å². The van der Waals surface area contributed by atoms with E-state index in [4.69, 9.17) is 15.2 Å². The third-order valence-corrected chi connectivity index (χ3v) is 6.25. The summed E-state index contributed by atoms with van der Waals surface area (Å²) in [6.07, 6.45) is -4.57. The molecule has 2 N–H and O–H groups in total. The van der Waals surface area contributed by atoms with Gasteiger partial charge in [-0.15, -0.1) is 0 Å². The van der Waals surface area contributed by atoms with Crippen molar-refractivity contribution in [2.24, 2.45) is 0 Å². The normalized spacial score (nSPS) is 11.9. The Morgan fingerprint density at radius 3 is 1.64 bits per heavy atom. The lowest BCUT2D eigenvalue weighted by atomic mass is 9.78. The monoisotopic (exact) mass is 491 g/mol. The number of ether oxygens (including phenoxy) is 2. The highest BCUT2D eigenvalue weighted by Crippen LogP contribution is 2.40. The fourth-order valence-electron chi connectivity index (χ4n) is 4.07. The Morgan fingerprint density at radius 2 is 1.14 bits per heavy atom. The number of alkyl halides is 3. The summed E-state index contributed by atoms with van der Waals surface area (Å²) in [7, 11) is 0. The standard InChI is InChI=1S/C30H28F3NO2/c1-19-5-15-27(20(2)17-19)35-24-11-6-21(7-12-24)29(3,4)22-8-13-25(14-9-22)36-28-16-10-23(34)18-26(28)30(31,32)33/h5-18H,34H2,1-4H3. The second-order valence-corrected chi connectivity index (χ2v) is 9.40. The summed E-state index contributed by atoms with van der Waals surface area (Å²) in [5.41, 5.74) is 8.62. The molecule has 0 fully saturated rings. The Labute approximate surface area is 209 Å². The number of aryl methyl sites for hydroxylation is 2. The Kier molecular flexibility index (Phi) is 6.72. The lowest BCUT2D eigenvalue weighted by Gasteiger charge is -2.26. The van der Waals surface area contributed by atoms with Crippen molar-refractivity contribution in [1.29, 1.82) is 0 Å². The summed E-state index contributed by atoms with van der Waals surface area (Å²) in [6.45, 7) is 8.24. The van der Waals surface area contributed by atoms with Gasteiger partial charge in [0.05, 0.1) is 0 Å². The molecular weight excluding hydrogens is 463 g/mol. The molecule has 4 aromatic rings. The van der Waals surface area contributed by atoms with Crippen molar-refractivity contribution in [3.63, 3.8) is 0 Å². The summed E-state index contributed by atoms with van der Waals surface area (Å²) in [6, 6.07) is 24.5. The SMILES string of the molecule is Cc1ccc(Oc2ccc(C(C)(C)c3ccc(Oc4ccc(N)cc4C(F)(F)F)cc3)cc2)c(C)c1. The van der Waals surface area contributed by atoms with Crippen molar-refractivity contribution in [3.05, 3.63) is 113 Å². The van der Waals surface area contributed by atoms with Gasteiger partial charge in [-0.3, -0.25) is 0 Å². The molecule has 0 aromatic heterocycles. The van der Waals surface area contributed by atoms with Gasteiger partial charge in [0.2, 0.25) is 0 Å². The molecule has 0 aliphatic carbocycles. The number of halogens is 3. The fraction of sp³-hybridized carbons (Fsp3) is 0.200. The Hall–Kier alpha value is -3.93. The Morgan fingerprint density at radius 1 is 0.639 bits per heavy atom. The molecule has 4 aromatic carbocycles. The molecule has 0 radical (unpaired) electrons. The van der Waals surface area contributed by atoms with Gasteiger partial charge >= 0.3 is 6.18 Å². The molecule has 3 nitrogen and oxygen atoms in total. The van der Waals surface area contributed by atoms with Crippen LogP contribution in [0.3, 0.4) is 0 Å². The van der Waals surface area contributed by atoms with E-state index in [1.54, 1.807) is 12.1 Å². The number of nitrogen functional groups attached to an aromatic ring is 1.